The number of thioether (sulfide) groups is 1. The van der Waals surface area contributed by atoms with E-state index in [1.807, 2.05) is 11.8 Å². The molecule has 0 aromatic carbocycles. The largest absolute Gasteiger partial charge is 0.347 e. The summed E-state index contributed by atoms with van der Waals surface area (Å²) >= 11 is 1.83. The highest BCUT2D eigenvalue weighted by Gasteiger charge is 2.27. The number of hydrogen-bond acceptors (Lipinski definition) is 5. The second-order valence-corrected chi connectivity index (χ2v) is 6.79. The average molecular weight is 320 g/mol. The van der Waals surface area contributed by atoms with E-state index in [0.717, 1.165) is 50.3 Å². The van der Waals surface area contributed by atoms with Crippen molar-refractivity contribution in [3.05, 3.63) is 23.8 Å². The molecule has 0 saturated carbocycles. The minimum absolute atomic E-state index is 0.148. The zero-order chi connectivity index (χ0) is 15.4. The van der Waals surface area contributed by atoms with E-state index in [2.05, 4.69) is 15.3 Å². The van der Waals surface area contributed by atoms with E-state index in [4.69, 9.17) is 0 Å². The third kappa shape index (κ3) is 3.40. The van der Waals surface area contributed by atoms with Crippen molar-refractivity contribution in [3.63, 3.8) is 0 Å². The van der Waals surface area contributed by atoms with Crippen molar-refractivity contribution in [1.29, 1.82) is 0 Å². The van der Waals surface area contributed by atoms with E-state index in [0.29, 0.717) is 0 Å². The van der Waals surface area contributed by atoms with Crippen molar-refractivity contribution in [2.75, 3.05) is 24.6 Å². The van der Waals surface area contributed by atoms with Gasteiger partial charge < -0.3 is 10.2 Å². The van der Waals surface area contributed by atoms with E-state index in [9.17, 15) is 9.59 Å². The molecular weight excluding hydrogens is 300 g/mol. The molecule has 0 aliphatic carbocycles. The summed E-state index contributed by atoms with van der Waals surface area (Å²) < 4.78 is 0. The highest BCUT2D eigenvalue weighted by Crippen LogP contribution is 2.18. The van der Waals surface area contributed by atoms with Crippen molar-refractivity contribution in [2.24, 2.45) is 0 Å². The molecule has 2 saturated heterocycles. The van der Waals surface area contributed by atoms with Gasteiger partial charge in [-0.2, -0.15) is 11.8 Å². The number of aromatic nitrogens is 2. The second kappa shape index (κ2) is 7.09. The summed E-state index contributed by atoms with van der Waals surface area (Å²) in [5.41, 5.74) is 0.322. The minimum Gasteiger partial charge on any atom is -0.347 e. The zero-order valence-corrected chi connectivity index (χ0v) is 13.3. The predicted octanol–water partition coefficient (Wildman–Crippen LogP) is 1.34. The summed E-state index contributed by atoms with van der Waals surface area (Å²) in [6, 6.07) is 0.164. The summed E-state index contributed by atoms with van der Waals surface area (Å²) in [6.07, 6.45) is 7.06. The van der Waals surface area contributed by atoms with E-state index in [1.54, 1.807) is 4.90 Å². The molecule has 2 aliphatic heterocycles. The van der Waals surface area contributed by atoms with Crippen molar-refractivity contribution in [1.82, 2.24) is 20.2 Å². The fourth-order valence-electron chi connectivity index (χ4n) is 2.81. The number of carbonyl (C=O) groups excluding carboxylic acids is 2. The topological polar surface area (TPSA) is 75.2 Å². The Balaban J connectivity index is 1.76. The fourth-order valence-corrected chi connectivity index (χ4v) is 3.96. The van der Waals surface area contributed by atoms with Gasteiger partial charge in [-0.25, -0.2) is 9.97 Å². The monoisotopic (exact) mass is 320 g/mol. The first-order valence-electron chi connectivity index (χ1n) is 7.74. The number of hydrogen-bond donors (Lipinski definition) is 1. The summed E-state index contributed by atoms with van der Waals surface area (Å²) in [7, 11) is 0. The first-order valence-corrected chi connectivity index (χ1v) is 8.90. The summed E-state index contributed by atoms with van der Waals surface area (Å²) in [4.78, 5) is 35.0. The van der Waals surface area contributed by atoms with Crippen LogP contribution in [0.4, 0.5) is 0 Å². The van der Waals surface area contributed by atoms with Gasteiger partial charge in [0, 0.05) is 37.3 Å². The van der Waals surface area contributed by atoms with Crippen molar-refractivity contribution < 1.29 is 9.59 Å². The van der Waals surface area contributed by atoms with Crippen LogP contribution in [0.1, 0.15) is 46.7 Å². The molecule has 0 spiro atoms. The first-order chi connectivity index (χ1) is 10.8. The molecule has 6 nitrogen and oxygen atoms in total. The third-order valence-electron chi connectivity index (χ3n) is 4.02. The highest BCUT2D eigenvalue weighted by atomic mass is 32.2. The Labute approximate surface area is 134 Å². The number of amides is 2. The van der Waals surface area contributed by atoms with Crippen LogP contribution in [0.5, 0.6) is 0 Å². The Kier molecular flexibility index (Phi) is 4.92. The molecule has 2 amide bonds. The molecule has 2 aliphatic rings. The van der Waals surface area contributed by atoms with Crippen molar-refractivity contribution in [2.45, 2.75) is 31.7 Å². The summed E-state index contributed by atoms with van der Waals surface area (Å²) in [5, 5.41) is 2.96. The number of nitrogens with one attached hydrogen (secondary N) is 1. The van der Waals surface area contributed by atoms with Crippen molar-refractivity contribution >= 4 is 23.6 Å². The van der Waals surface area contributed by atoms with E-state index in [1.165, 1.54) is 12.4 Å². The van der Waals surface area contributed by atoms with Crippen LogP contribution in [0.2, 0.25) is 0 Å². The summed E-state index contributed by atoms with van der Waals surface area (Å²) in [5.74, 6) is 1.51. The number of rotatable bonds is 3. The van der Waals surface area contributed by atoms with Gasteiger partial charge in [0.15, 0.2) is 11.4 Å². The van der Waals surface area contributed by atoms with Gasteiger partial charge in [0.2, 0.25) is 0 Å². The van der Waals surface area contributed by atoms with E-state index < -0.39 is 0 Å². The van der Waals surface area contributed by atoms with Gasteiger partial charge in [-0.3, -0.25) is 9.59 Å². The van der Waals surface area contributed by atoms with Gasteiger partial charge in [0.05, 0.1) is 0 Å². The van der Waals surface area contributed by atoms with Crippen LogP contribution < -0.4 is 5.32 Å². The lowest BCUT2D eigenvalue weighted by molar-refractivity contribution is 0.0710. The van der Waals surface area contributed by atoms with Crippen LogP contribution in [0.25, 0.3) is 0 Å². The zero-order valence-electron chi connectivity index (χ0n) is 12.5. The number of piperidine rings is 1. The average Bonchev–Trinajstić information content (AvgIpc) is 3.08. The first kappa shape index (κ1) is 15.3. The Morgan fingerprint density at radius 1 is 1.14 bits per heavy atom. The predicted molar refractivity (Wildman–Crippen MR) is 85.0 cm³/mol. The maximum Gasteiger partial charge on any atom is 0.274 e. The number of nitrogens with zero attached hydrogens (tertiary/aromatic N) is 3. The maximum atomic E-state index is 12.6. The Morgan fingerprint density at radius 3 is 2.55 bits per heavy atom. The lowest BCUT2D eigenvalue weighted by atomic mass is 10.1. The molecule has 22 heavy (non-hydrogen) atoms. The minimum atomic E-state index is -0.291. The van der Waals surface area contributed by atoms with Gasteiger partial charge in [0.1, 0.15) is 0 Å². The molecule has 7 heteroatoms. The standard InChI is InChI=1S/C15H20N4O2S/c20-14(18-11-4-9-22-10-11)12-13(17-6-5-16-12)15(21)19-7-2-1-3-8-19/h5-6,11H,1-4,7-10H2,(H,18,20)/t11-/m0/s1. The van der Waals surface area contributed by atoms with Crippen LogP contribution in [0.3, 0.4) is 0 Å². The molecule has 2 fully saturated rings. The lowest BCUT2D eigenvalue weighted by Crippen LogP contribution is -2.40. The Morgan fingerprint density at radius 2 is 1.86 bits per heavy atom. The number of carbonyl (C=O) groups is 2. The van der Waals surface area contributed by atoms with Gasteiger partial charge >= 0.3 is 0 Å². The maximum absolute atomic E-state index is 12.6. The summed E-state index contributed by atoms with van der Waals surface area (Å²) in [6.45, 7) is 1.46. The molecular formula is C15H20N4O2S. The van der Waals surface area contributed by atoms with E-state index >= 15 is 0 Å². The molecule has 0 radical (unpaired) electrons. The van der Waals surface area contributed by atoms with Crippen molar-refractivity contribution in [3.8, 4) is 0 Å². The van der Waals surface area contributed by atoms with Gasteiger partial charge in [-0.1, -0.05) is 0 Å². The molecule has 118 valence electrons. The Bertz CT molecular complexity index is 554. The van der Waals surface area contributed by atoms with Crippen LogP contribution >= 0.6 is 11.8 Å². The quantitative estimate of drug-likeness (QED) is 0.909. The molecule has 0 bridgehead atoms. The lowest BCUT2D eigenvalue weighted by Gasteiger charge is -2.26. The molecule has 0 unspecified atom stereocenters. The SMILES string of the molecule is O=C(N[C@H]1CCSC1)c1nccnc1C(=O)N1CCCCC1. The molecule has 1 N–H and O–H groups in total. The Hall–Kier alpha value is -1.63. The third-order valence-corrected chi connectivity index (χ3v) is 5.19. The molecule has 1 aromatic heterocycles. The van der Waals surface area contributed by atoms with Crippen LogP contribution in [0, 0.1) is 0 Å². The van der Waals surface area contributed by atoms with E-state index in [-0.39, 0.29) is 29.2 Å². The van der Waals surface area contributed by atoms with Gasteiger partial charge in [0.25, 0.3) is 11.8 Å². The fraction of sp³-hybridized carbons (Fsp3) is 0.600. The van der Waals surface area contributed by atoms with Gasteiger partial charge in [-0.05, 0) is 31.4 Å². The van der Waals surface area contributed by atoms with Crippen LogP contribution in [-0.4, -0.2) is 57.3 Å². The molecule has 1 atom stereocenters. The van der Waals surface area contributed by atoms with Gasteiger partial charge in [-0.15, -0.1) is 0 Å². The van der Waals surface area contributed by atoms with Crippen LogP contribution in [-0.2, 0) is 0 Å². The number of likely N-dealkylation sites (tertiary alicyclic amines) is 1. The molecule has 3 heterocycles. The second-order valence-electron chi connectivity index (χ2n) is 5.64. The normalized spacial score (nSPS) is 21.6. The molecule has 1 aromatic rings. The van der Waals surface area contributed by atoms with Crippen LogP contribution in [0.15, 0.2) is 12.4 Å². The molecule has 3 rings (SSSR count). The highest BCUT2D eigenvalue weighted by molar-refractivity contribution is 7.99. The smallest absolute Gasteiger partial charge is 0.274 e.